The number of carbonyl (C=O) groups excluding carboxylic acids is 1. The Balaban J connectivity index is 1.74. The first-order valence-electron chi connectivity index (χ1n) is 8.26. The molecule has 0 amide bonds. The summed E-state index contributed by atoms with van der Waals surface area (Å²) in [6.07, 6.45) is 0.423. The lowest BCUT2D eigenvalue weighted by Gasteiger charge is -2.17. The molecular weight excluding hydrogens is 352 g/mol. The molecule has 0 bridgehead atoms. The lowest BCUT2D eigenvalue weighted by atomic mass is 10.1. The highest BCUT2D eigenvalue weighted by atomic mass is 16.6. The van der Waals surface area contributed by atoms with Gasteiger partial charge in [0.15, 0.2) is 0 Å². The van der Waals surface area contributed by atoms with E-state index < -0.39 is 30.0 Å². The predicted octanol–water partition coefficient (Wildman–Crippen LogP) is 1.96. The Morgan fingerprint density at radius 2 is 2.22 bits per heavy atom. The molecule has 1 aliphatic heterocycles. The second kappa shape index (κ2) is 7.90. The SMILES string of the molecule is Cc1cn([C@@H]2C[C@H](N=[N+]=[N-])[C@@H](COC(=O)c3ccccc3)O2)c(=O)nc1N. The number of nitrogens with two attached hydrogens (primary N) is 1. The van der Waals surface area contributed by atoms with Crippen LogP contribution in [0.5, 0.6) is 0 Å². The summed E-state index contributed by atoms with van der Waals surface area (Å²) in [6.45, 7) is 1.61. The Labute approximate surface area is 154 Å². The van der Waals surface area contributed by atoms with Crippen LogP contribution in [0.25, 0.3) is 10.4 Å². The van der Waals surface area contributed by atoms with Gasteiger partial charge in [-0.15, -0.1) is 0 Å². The van der Waals surface area contributed by atoms with Crippen LogP contribution in [0.15, 0.2) is 46.4 Å². The smallest absolute Gasteiger partial charge is 0.351 e. The summed E-state index contributed by atoms with van der Waals surface area (Å²) in [4.78, 5) is 30.8. The van der Waals surface area contributed by atoms with Crippen LogP contribution in [0.3, 0.4) is 0 Å². The molecule has 0 saturated carbocycles. The lowest BCUT2D eigenvalue weighted by Crippen LogP contribution is -2.29. The van der Waals surface area contributed by atoms with Crippen LogP contribution < -0.4 is 11.4 Å². The highest BCUT2D eigenvalue weighted by Crippen LogP contribution is 2.30. The molecule has 3 atom stereocenters. The zero-order valence-electron chi connectivity index (χ0n) is 14.6. The molecule has 10 heteroatoms. The Morgan fingerprint density at radius 3 is 2.93 bits per heavy atom. The van der Waals surface area contributed by atoms with Gasteiger partial charge in [0.25, 0.3) is 0 Å². The van der Waals surface area contributed by atoms with Crippen molar-refractivity contribution in [3.05, 3.63) is 68.6 Å². The molecule has 0 unspecified atom stereocenters. The molecule has 0 radical (unpaired) electrons. The van der Waals surface area contributed by atoms with E-state index in [1.54, 1.807) is 43.5 Å². The molecular formula is C17H18N6O4. The number of benzene rings is 1. The summed E-state index contributed by atoms with van der Waals surface area (Å²) in [5.41, 5.74) is 14.9. The summed E-state index contributed by atoms with van der Waals surface area (Å²) in [5.74, 6) is -0.362. The number of ether oxygens (including phenoxy) is 2. The van der Waals surface area contributed by atoms with Gasteiger partial charge in [0.2, 0.25) is 0 Å². The first-order chi connectivity index (χ1) is 13.0. The number of nitrogen functional groups attached to an aromatic ring is 1. The van der Waals surface area contributed by atoms with Crippen molar-refractivity contribution < 1.29 is 14.3 Å². The van der Waals surface area contributed by atoms with E-state index in [9.17, 15) is 9.59 Å². The van der Waals surface area contributed by atoms with Gasteiger partial charge in [0, 0.05) is 23.1 Å². The second-order valence-electron chi connectivity index (χ2n) is 6.10. The zero-order chi connectivity index (χ0) is 19.4. The van der Waals surface area contributed by atoms with Gasteiger partial charge in [-0.3, -0.25) is 4.57 Å². The molecule has 10 nitrogen and oxygen atoms in total. The van der Waals surface area contributed by atoms with E-state index in [-0.39, 0.29) is 18.8 Å². The zero-order valence-corrected chi connectivity index (χ0v) is 14.6. The fourth-order valence-electron chi connectivity index (χ4n) is 2.82. The van der Waals surface area contributed by atoms with E-state index in [4.69, 9.17) is 20.7 Å². The van der Waals surface area contributed by atoms with Crippen molar-refractivity contribution in [3.8, 4) is 0 Å². The van der Waals surface area contributed by atoms with E-state index in [2.05, 4.69) is 15.0 Å². The average Bonchev–Trinajstić information content (AvgIpc) is 3.06. The third-order valence-corrected chi connectivity index (χ3v) is 4.28. The third-order valence-electron chi connectivity index (χ3n) is 4.28. The molecule has 0 spiro atoms. The molecule has 1 saturated heterocycles. The normalized spacial score (nSPS) is 21.4. The summed E-state index contributed by atoms with van der Waals surface area (Å²) in [7, 11) is 0. The molecule has 2 aromatic rings. The first-order valence-corrected chi connectivity index (χ1v) is 8.26. The van der Waals surface area contributed by atoms with E-state index in [1.165, 1.54) is 4.57 Å². The third kappa shape index (κ3) is 4.08. The van der Waals surface area contributed by atoms with Crippen molar-refractivity contribution in [3.63, 3.8) is 0 Å². The van der Waals surface area contributed by atoms with Gasteiger partial charge < -0.3 is 15.2 Å². The molecule has 140 valence electrons. The van der Waals surface area contributed by atoms with Crippen molar-refractivity contribution in [2.75, 3.05) is 12.3 Å². The number of hydrogen-bond acceptors (Lipinski definition) is 7. The maximum absolute atomic E-state index is 12.1. The molecule has 1 aromatic carbocycles. The van der Waals surface area contributed by atoms with Gasteiger partial charge in [0.1, 0.15) is 24.8 Å². The highest BCUT2D eigenvalue weighted by Gasteiger charge is 2.37. The maximum atomic E-state index is 12.1. The van der Waals surface area contributed by atoms with Crippen LogP contribution in [-0.2, 0) is 9.47 Å². The van der Waals surface area contributed by atoms with E-state index >= 15 is 0 Å². The molecule has 1 aromatic heterocycles. The van der Waals surface area contributed by atoms with E-state index in [0.29, 0.717) is 11.1 Å². The summed E-state index contributed by atoms with van der Waals surface area (Å²) in [6, 6.07) is 7.92. The molecule has 27 heavy (non-hydrogen) atoms. The van der Waals surface area contributed by atoms with Gasteiger partial charge in [-0.05, 0) is 24.6 Å². The molecule has 3 rings (SSSR count). The minimum absolute atomic E-state index is 0.107. The van der Waals surface area contributed by atoms with Crippen molar-refractivity contribution >= 4 is 11.8 Å². The minimum Gasteiger partial charge on any atom is -0.459 e. The Hall–Kier alpha value is -3.36. The maximum Gasteiger partial charge on any atom is 0.351 e. The van der Waals surface area contributed by atoms with Crippen LogP contribution in [0, 0.1) is 6.92 Å². The number of aryl methyl sites for hydroxylation is 1. The average molecular weight is 370 g/mol. The largest absolute Gasteiger partial charge is 0.459 e. The summed E-state index contributed by atoms with van der Waals surface area (Å²) >= 11 is 0. The fraction of sp³-hybridized carbons (Fsp3) is 0.353. The Morgan fingerprint density at radius 1 is 1.48 bits per heavy atom. The lowest BCUT2D eigenvalue weighted by molar-refractivity contribution is -0.0362. The number of carbonyl (C=O) groups is 1. The molecule has 1 fully saturated rings. The Bertz CT molecular complexity index is 938. The van der Waals surface area contributed by atoms with Crippen molar-refractivity contribution in [2.45, 2.75) is 31.7 Å². The van der Waals surface area contributed by atoms with Crippen LogP contribution in [0.4, 0.5) is 5.82 Å². The van der Waals surface area contributed by atoms with Gasteiger partial charge in [-0.25, -0.2) is 9.59 Å². The number of nitrogens with zero attached hydrogens (tertiary/aromatic N) is 5. The van der Waals surface area contributed by atoms with Gasteiger partial charge in [-0.2, -0.15) is 4.98 Å². The number of esters is 1. The second-order valence-corrected chi connectivity index (χ2v) is 6.10. The quantitative estimate of drug-likeness (QED) is 0.368. The number of rotatable bonds is 5. The number of anilines is 1. The van der Waals surface area contributed by atoms with E-state index in [0.717, 1.165) is 0 Å². The molecule has 1 aliphatic rings. The van der Waals surface area contributed by atoms with Gasteiger partial charge in [-0.1, -0.05) is 23.3 Å². The van der Waals surface area contributed by atoms with Crippen LogP contribution >= 0.6 is 0 Å². The summed E-state index contributed by atoms with van der Waals surface area (Å²) in [5, 5.41) is 3.70. The number of hydrogen-bond donors (Lipinski definition) is 1. The highest BCUT2D eigenvalue weighted by molar-refractivity contribution is 5.89. The monoisotopic (exact) mass is 370 g/mol. The van der Waals surface area contributed by atoms with Crippen molar-refractivity contribution in [2.24, 2.45) is 5.11 Å². The fourth-order valence-corrected chi connectivity index (χ4v) is 2.82. The standard InChI is InChI=1S/C17H18N6O4/c1-10-8-23(17(25)20-15(10)18)14-7-12(21-22-19)13(27-14)9-26-16(24)11-5-3-2-4-6-11/h2-6,8,12-14H,7,9H2,1H3,(H2,18,20,25)/t12-,13+,14-/m0/s1. The number of azide groups is 1. The van der Waals surface area contributed by atoms with Crippen LogP contribution in [-0.4, -0.2) is 34.3 Å². The predicted molar refractivity (Wildman–Crippen MR) is 95.8 cm³/mol. The molecule has 2 heterocycles. The topological polar surface area (TPSA) is 145 Å². The minimum atomic E-state index is -0.694. The number of aromatic nitrogens is 2. The molecule has 0 aliphatic carbocycles. The molecule has 2 N–H and O–H groups in total. The summed E-state index contributed by atoms with van der Waals surface area (Å²) < 4.78 is 12.4. The van der Waals surface area contributed by atoms with Crippen LogP contribution in [0.2, 0.25) is 0 Å². The first kappa shape index (κ1) is 18.4. The van der Waals surface area contributed by atoms with Gasteiger partial charge >= 0.3 is 11.7 Å². The van der Waals surface area contributed by atoms with E-state index in [1.807, 2.05) is 0 Å². The van der Waals surface area contributed by atoms with Crippen molar-refractivity contribution in [1.82, 2.24) is 9.55 Å². The Kier molecular flexibility index (Phi) is 5.39. The van der Waals surface area contributed by atoms with Gasteiger partial charge in [0.05, 0.1) is 11.6 Å². The van der Waals surface area contributed by atoms with Crippen molar-refractivity contribution in [1.29, 1.82) is 0 Å². The van der Waals surface area contributed by atoms with Crippen LogP contribution in [0.1, 0.15) is 28.6 Å².